The highest BCUT2D eigenvalue weighted by Crippen LogP contribution is 2.33. The number of aromatic nitrogens is 1. The third-order valence-corrected chi connectivity index (χ3v) is 5.81. The fourth-order valence-electron chi connectivity index (χ4n) is 2.77. The second-order valence-corrected chi connectivity index (χ2v) is 8.42. The highest BCUT2D eigenvalue weighted by molar-refractivity contribution is 7.22. The largest absolute Gasteiger partial charge is 0.497 e. The summed E-state index contributed by atoms with van der Waals surface area (Å²) >= 11 is 13.8. The molecule has 0 spiro atoms. The summed E-state index contributed by atoms with van der Waals surface area (Å²) < 4.78 is 6.25. The second-order valence-electron chi connectivity index (χ2n) is 6.57. The summed E-state index contributed by atoms with van der Waals surface area (Å²) in [6.07, 6.45) is 0.802. The molecule has 1 aromatic heterocycles. The summed E-state index contributed by atoms with van der Waals surface area (Å²) in [4.78, 5) is 21.7. The number of carbonyl (C=O) groups is 1. The number of thiazole rings is 1. The summed E-state index contributed by atoms with van der Waals surface area (Å²) in [5.41, 5.74) is 1.19. The molecule has 0 saturated carbocycles. The van der Waals surface area contributed by atoms with Crippen LogP contribution in [0.1, 0.15) is 16.8 Å². The number of anilines is 1. The molecule has 0 radical (unpaired) electrons. The Morgan fingerprint density at radius 2 is 1.90 bits per heavy atom. The Hall–Kier alpha value is -1.57. The van der Waals surface area contributed by atoms with Crippen molar-refractivity contribution in [2.45, 2.75) is 6.42 Å². The van der Waals surface area contributed by atoms with Crippen molar-refractivity contribution in [3.05, 3.63) is 52.0 Å². The van der Waals surface area contributed by atoms with Crippen molar-refractivity contribution in [3.63, 3.8) is 0 Å². The number of rotatable bonds is 7. The van der Waals surface area contributed by atoms with Gasteiger partial charge in [-0.2, -0.15) is 0 Å². The van der Waals surface area contributed by atoms with Gasteiger partial charge in [0.15, 0.2) is 5.13 Å². The van der Waals surface area contributed by atoms with Crippen LogP contribution in [0.5, 0.6) is 5.75 Å². The van der Waals surface area contributed by atoms with Crippen molar-refractivity contribution in [1.82, 2.24) is 9.88 Å². The quantitative estimate of drug-likeness (QED) is 0.445. The zero-order chi connectivity index (χ0) is 20.3. The lowest BCUT2D eigenvalue weighted by Crippen LogP contribution is -2.33. The van der Waals surface area contributed by atoms with E-state index in [2.05, 4.69) is 9.88 Å². The molecule has 0 fully saturated rings. The molecule has 0 atom stereocenters. The van der Waals surface area contributed by atoms with Gasteiger partial charge in [-0.15, -0.1) is 12.4 Å². The summed E-state index contributed by atoms with van der Waals surface area (Å²) in [7, 11) is 5.63. The monoisotopic (exact) mass is 473 g/mol. The van der Waals surface area contributed by atoms with Gasteiger partial charge < -0.3 is 9.64 Å². The third kappa shape index (κ3) is 5.74. The topological polar surface area (TPSA) is 45.7 Å². The van der Waals surface area contributed by atoms with Gasteiger partial charge in [-0.25, -0.2) is 4.98 Å². The maximum atomic E-state index is 13.3. The number of ether oxygens (including phenoxy) is 1. The maximum absolute atomic E-state index is 13.3. The first kappa shape index (κ1) is 23.7. The van der Waals surface area contributed by atoms with Crippen LogP contribution in [-0.4, -0.2) is 50.1 Å². The summed E-state index contributed by atoms with van der Waals surface area (Å²) in [6, 6.07) is 10.6. The van der Waals surface area contributed by atoms with Crippen LogP contribution in [-0.2, 0) is 0 Å². The normalized spacial score (nSPS) is 10.8. The number of hydrogen-bond acceptors (Lipinski definition) is 5. The standard InChI is InChI=1S/C20H21Cl2N3O2S.ClH/c1-24(2)9-4-10-25(19(26)15-11-13(21)5-7-16(15)22)20-23-17-8-6-14(27-3)12-18(17)28-20;/h5-8,11-12H,4,9-10H2,1-3H3;1H. The predicted molar refractivity (Wildman–Crippen MR) is 125 cm³/mol. The van der Waals surface area contributed by atoms with Gasteiger partial charge in [-0.3, -0.25) is 9.69 Å². The predicted octanol–water partition coefficient (Wildman–Crippen LogP) is 5.63. The second kappa shape index (κ2) is 10.5. The first-order valence-corrected chi connectivity index (χ1v) is 10.3. The van der Waals surface area contributed by atoms with Gasteiger partial charge in [0.25, 0.3) is 5.91 Å². The molecule has 0 aliphatic carbocycles. The Bertz CT molecular complexity index is 994. The van der Waals surface area contributed by atoms with E-state index in [4.69, 9.17) is 27.9 Å². The Morgan fingerprint density at radius 3 is 2.59 bits per heavy atom. The number of fused-ring (bicyclic) bond motifs is 1. The molecule has 3 aromatic rings. The van der Waals surface area contributed by atoms with Crippen LogP contribution < -0.4 is 9.64 Å². The molecule has 0 saturated heterocycles. The molecule has 1 amide bonds. The molecule has 156 valence electrons. The molecule has 0 unspecified atom stereocenters. The summed E-state index contributed by atoms with van der Waals surface area (Å²) in [5, 5.41) is 1.47. The fourth-order valence-corrected chi connectivity index (χ4v) is 4.16. The van der Waals surface area contributed by atoms with Crippen LogP contribution in [0.15, 0.2) is 36.4 Å². The van der Waals surface area contributed by atoms with Crippen molar-refractivity contribution < 1.29 is 9.53 Å². The van der Waals surface area contributed by atoms with Gasteiger partial charge in [0, 0.05) is 11.6 Å². The maximum Gasteiger partial charge on any atom is 0.261 e. The van der Waals surface area contributed by atoms with Crippen molar-refractivity contribution in [2.24, 2.45) is 0 Å². The SMILES string of the molecule is COc1ccc2nc(N(CCCN(C)C)C(=O)c3cc(Cl)ccc3Cl)sc2c1.Cl. The molecule has 0 N–H and O–H groups in total. The van der Waals surface area contributed by atoms with E-state index in [1.54, 1.807) is 30.2 Å². The smallest absolute Gasteiger partial charge is 0.261 e. The average molecular weight is 475 g/mol. The highest BCUT2D eigenvalue weighted by atomic mass is 35.5. The number of nitrogens with zero attached hydrogens (tertiary/aromatic N) is 3. The minimum absolute atomic E-state index is 0. The lowest BCUT2D eigenvalue weighted by atomic mass is 10.2. The Morgan fingerprint density at radius 1 is 1.14 bits per heavy atom. The van der Waals surface area contributed by atoms with Gasteiger partial charge in [-0.1, -0.05) is 34.5 Å². The van der Waals surface area contributed by atoms with Crippen molar-refractivity contribution in [3.8, 4) is 5.75 Å². The van der Waals surface area contributed by atoms with Crippen molar-refractivity contribution in [1.29, 1.82) is 0 Å². The molecule has 0 aliphatic heterocycles. The number of carbonyl (C=O) groups excluding carboxylic acids is 1. The van der Waals surface area contributed by atoms with E-state index in [1.807, 2.05) is 32.3 Å². The minimum Gasteiger partial charge on any atom is -0.497 e. The van der Waals surface area contributed by atoms with E-state index in [0.29, 0.717) is 27.3 Å². The number of benzene rings is 2. The highest BCUT2D eigenvalue weighted by Gasteiger charge is 2.23. The average Bonchev–Trinajstić information content (AvgIpc) is 3.09. The van der Waals surface area contributed by atoms with Crippen LogP contribution in [0, 0.1) is 0 Å². The van der Waals surface area contributed by atoms with Gasteiger partial charge >= 0.3 is 0 Å². The Kier molecular flexibility index (Phi) is 8.55. The van der Waals surface area contributed by atoms with Crippen molar-refractivity contribution >= 4 is 68.2 Å². The van der Waals surface area contributed by atoms with Gasteiger partial charge in [-0.05, 0) is 63.5 Å². The lowest BCUT2D eigenvalue weighted by Gasteiger charge is -2.21. The third-order valence-electron chi connectivity index (χ3n) is 4.21. The number of amides is 1. The Labute approximate surface area is 190 Å². The molecular weight excluding hydrogens is 453 g/mol. The molecule has 1 heterocycles. The number of halogens is 3. The van der Waals surface area contributed by atoms with Crippen LogP contribution in [0.4, 0.5) is 5.13 Å². The number of methoxy groups -OCH3 is 1. The van der Waals surface area contributed by atoms with Crippen LogP contribution in [0.2, 0.25) is 10.0 Å². The fraction of sp³-hybridized carbons (Fsp3) is 0.300. The minimum atomic E-state index is -0.211. The molecule has 0 bridgehead atoms. The van der Waals surface area contributed by atoms with E-state index >= 15 is 0 Å². The molecular formula is C20H22Cl3N3O2S. The van der Waals surface area contributed by atoms with Gasteiger partial charge in [0.05, 0.1) is 27.9 Å². The molecule has 5 nitrogen and oxygen atoms in total. The van der Waals surface area contributed by atoms with Gasteiger partial charge in [0.1, 0.15) is 5.75 Å². The first-order chi connectivity index (χ1) is 13.4. The molecule has 3 rings (SSSR count). The molecule has 29 heavy (non-hydrogen) atoms. The molecule has 9 heteroatoms. The van der Waals surface area contributed by atoms with E-state index in [9.17, 15) is 4.79 Å². The van der Waals surface area contributed by atoms with Crippen LogP contribution in [0.3, 0.4) is 0 Å². The zero-order valence-corrected chi connectivity index (χ0v) is 19.5. The van der Waals surface area contributed by atoms with Crippen LogP contribution in [0.25, 0.3) is 10.2 Å². The molecule has 2 aromatic carbocycles. The zero-order valence-electron chi connectivity index (χ0n) is 16.3. The Balaban J connectivity index is 0.00000300. The number of hydrogen-bond donors (Lipinski definition) is 0. The summed E-state index contributed by atoms with van der Waals surface area (Å²) in [6.45, 7) is 1.38. The van der Waals surface area contributed by atoms with E-state index in [1.165, 1.54) is 11.3 Å². The van der Waals surface area contributed by atoms with E-state index in [0.717, 1.165) is 28.9 Å². The van der Waals surface area contributed by atoms with E-state index < -0.39 is 0 Å². The van der Waals surface area contributed by atoms with Gasteiger partial charge in [0.2, 0.25) is 0 Å². The summed E-state index contributed by atoms with van der Waals surface area (Å²) in [5.74, 6) is 0.545. The lowest BCUT2D eigenvalue weighted by molar-refractivity contribution is 0.0986. The van der Waals surface area contributed by atoms with E-state index in [-0.39, 0.29) is 18.3 Å². The molecule has 0 aliphatic rings. The first-order valence-electron chi connectivity index (χ1n) is 8.75. The van der Waals surface area contributed by atoms with Crippen LogP contribution >= 0.6 is 46.9 Å². The van der Waals surface area contributed by atoms with Crippen molar-refractivity contribution in [2.75, 3.05) is 39.2 Å².